The van der Waals surface area contributed by atoms with E-state index in [1.165, 1.54) is 12.0 Å². The highest BCUT2D eigenvalue weighted by Gasteiger charge is 2.13. The first-order chi connectivity index (χ1) is 8.01. The van der Waals surface area contributed by atoms with E-state index in [2.05, 4.69) is 4.74 Å². The molecule has 0 aliphatic heterocycles. The highest BCUT2D eigenvalue weighted by Crippen LogP contribution is 1.99. The number of methoxy groups -OCH3 is 1. The second-order valence-corrected chi connectivity index (χ2v) is 3.45. The first kappa shape index (κ1) is 15.4. The summed E-state index contributed by atoms with van der Waals surface area (Å²) in [7, 11) is 2.88. The Balaban J connectivity index is 3.82. The first-order valence-electron chi connectivity index (χ1n) is 5.47. The van der Waals surface area contributed by atoms with E-state index < -0.39 is 0 Å². The molecule has 0 aromatic rings. The van der Waals surface area contributed by atoms with Crippen LogP contribution in [0.2, 0.25) is 0 Å². The Hall–Kier alpha value is -1.59. The summed E-state index contributed by atoms with van der Waals surface area (Å²) in [6.07, 6.45) is 0.309. The summed E-state index contributed by atoms with van der Waals surface area (Å²) in [6.45, 7) is 2.31. The Bertz CT molecular complexity index is 277. The highest BCUT2D eigenvalue weighted by molar-refractivity contribution is 5.81. The first-order valence-corrected chi connectivity index (χ1v) is 5.47. The Labute approximate surface area is 101 Å². The SMILES string of the molecule is CCOC(=O)CCC(=O)N(C)CCC(=O)OC. The molecule has 0 aromatic heterocycles. The lowest BCUT2D eigenvalue weighted by Crippen LogP contribution is -2.29. The second-order valence-electron chi connectivity index (χ2n) is 3.45. The van der Waals surface area contributed by atoms with Crippen LogP contribution in [0.15, 0.2) is 0 Å². The van der Waals surface area contributed by atoms with Crippen molar-refractivity contribution in [2.75, 3.05) is 27.3 Å². The molecular weight excluding hydrogens is 226 g/mol. The van der Waals surface area contributed by atoms with E-state index in [-0.39, 0.29) is 43.7 Å². The number of ether oxygens (including phenoxy) is 2. The van der Waals surface area contributed by atoms with E-state index in [0.29, 0.717) is 6.61 Å². The van der Waals surface area contributed by atoms with Gasteiger partial charge in [-0.2, -0.15) is 0 Å². The lowest BCUT2D eigenvalue weighted by Gasteiger charge is -2.15. The summed E-state index contributed by atoms with van der Waals surface area (Å²) in [5, 5.41) is 0. The van der Waals surface area contributed by atoms with Crippen LogP contribution in [-0.2, 0) is 23.9 Å². The molecule has 6 nitrogen and oxygen atoms in total. The van der Waals surface area contributed by atoms with Gasteiger partial charge in [0, 0.05) is 20.0 Å². The van der Waals surface area contributed by atoms with E-state index >= 15 is 0 Å². The number of rotatable bonds is 7. The summed E-state index contributed by atoms with van der Waals surface area (Å²) in [5.74, 6) is -0.945. The molecule has 0 saturated carbocycles. The lowest BCUT2D eigenvalue weighted by atomic mass is 10.2. The van der Waals surface area contributed by atoms with Crippen LogP contribution >= 0.6 is 0 Å². The zero-order valence-corrected chi connectivity index (χ0v) is 10.5. The van der Waals surface area contributed by atoms with Gasteiger partial charge in [-0.25, -0.2) is 0 Å². The number of carbonyl (C=O) groups excluding carboxylic acids is 3. The molecule has 0 aromatic carbocycles. The largest absolute Gasteiger partial charge is 0.469 e. The predicted octanol–water partition coefficient (Wildman–Crippen LogP) is 0.351. The molecule has 0 radical (unpaired) electrons. The maximum atomic E-state index is 11.5. The van der Waals surface area contributed by atoms with Crippen molar-refractivity contribution in [3.63, 3.8) is 0 Å². The maximum absolute atomic E-state index is 11.5. The van der Waals surface area contributed by atoms with Crippen LogP contribution in [0, 0.1) is 0 Å². The molecule has 98 valence electrons. The van der Waals surface area contributed by atoms with Gasteiger partial charge in [0.25, 0.3) is 0 Å². The molecule has 0 rings (SSSR count). The van der Waals surface area contributed by atoms with Crippen LogP contribution in [0.25, 0.3) is 0 Å². The third-order valence-electron chi connectivity index (χ3n) is 2.15. The second kappa shape index (κ2) is 8.55. The van der Waals surface area contributed by atoms with Gasteiger partial charge in [-0.05, 0) is 6.92 Å². The highest BCUT2D eigenvalue weighted by atomic mass is 16.5. The topological polar surface area (TPSA) is 72.9 Å². The van der Waals surface area contributed by atoms with Crippen molar-refractivity contribution < 1.29 is 23.9 Å². The maximum Gasteiger partial charge on any atom is 0.307 e. The van der Waals surface area contributed by atoms with Crippen LogP contribution in [0.4, 0.5) is 0 Å². The van der Waals surface area contributed by atoms with Gasteiger partial charge in [-0.1, -0.05) is 0 Å². The molecule has 17 heavy (non-hydrogen) atoms. The van der Waals surface area contributed by atoms with Gasteiger partial charge in [-0.15, -0.1) is 0 Å². The standard InChI is InChI=1S/C11H19NO5/c1-4-17-11(15)6-5-9(13)12(2)8-7-10(14)16-3/h4-8H2,1-3H3. The van der Waals surface area contributed by atoms with Gasteiger partial charge in [0.2, 0.25) is 5.91 Å². The van der Waals surface area contributed by atoms with Gasteiger partial charge in [0.15, 0.2) is 0 Å². The van der Waals surface area contributed by atoms with Gasteiger partial charge in [-0.3, -0.25) is 14.4 Å². The molecule has 0 N–H and O–H groups in total. The number of amides is 1. The van der Waals surface area contributed by atoms with Crippen molar-refractivity contribution >= 4 is 17.8 Å². The zero-order valence-electron chi connectivity index (χ0n) is 10.5. The molecular formula is C11H19NO5. The average Bonchev–Trinajstić information content (AvgIpc) is 2.32. The Kier molecular flexibility index (Phi) is 7.75. The quantitative estimate of drug-likeness (QED) is 0.605. The molecule has 6 heteroatoms. The number of carbonyl (C=O) groups is 3. The Morgan fingerprint density at radius 1 is 1.06 bits per heavy atom. The minimum Gasteiger partial charge on any atom is -0.469 e. The Morgan fingerprint density at radius 3 is 2.24 bits per heavy atom. The number of hydrogen-bond acceptors (Lipinski definition) is 5. The average molecular weight is 245 g/mol. The van der Waals surface area contributed by atoms with Crippen LogP contribution in [-0.4, -0.2) is 50.1 Å². The smallest absolute Gasteiger partial charge is 0.307 e. The molecule has 0 unspecified atom stereocenters. The van der Waals surface area contributed by atoms with Gasteiger partial charge >= 0.3 is 11.9 Å². The fraction of sp³-hybridized carbons (Fsp3) is 0.727. The third kappa shape index (κ3) is 7.32. The minimum atomic E-state index is -0.387. The Morgan fingerprint density at radius 2 is 1.71 bits per heavy atom. The number of nitrogens with zero attached hydrogens (tertiary/aromatic N) is 1. The van der Waals surface area contributed by atoms with Crippen molar-refractivity contribution in [1.29, 1.82) is 0 Å². The van der Waals surface area contributed by atoms with Gasteiger partial charge < -0.3 is 14.4 Å². The van der Waals surface area contributed by atoms with Crippen LogP contribution in [0.3, 0.4) is 0 Å². The van der Waals surface area contributed by atoms with Crippen molar-refractivity contribution in [3.8, 4) is 0 Å². The van der Waals surface area contributed by atoms with E-state index in [0.717, 1.165) is 0 Å². The van der Waals surface area contributed by atoms with Crippen molar-refractivity contribution in [3.05, 3.63) is 0 Å². The lowest BCUT2D eigenvalue weighted by molar-refractivity contribution is -0.146. The fourth-order valence-corrected chi connectivity index (χ4v) is 1.12. The minimum absolute atomic E-state index is 0.0647. The number of hydrogen-bond donors (Lipinski definition) is 0. The normalized spacial score (nSPS) is 9.59. The number of esters is 2. The predicted molar refractivity (Wildman–Crippen MR) is 60.1 cm³/mol. The van der Waals surface area contributed by atoms with E-state index in [1.807, 2.05) is 0 Å². The van der Waals surface area contributed by atoms with Crippen LogP contribution in [0.1, 0.15) is 26.2 Å². The van der Waals surface area contributed by atoms with E-state index in [9.17, 15) is 14.4 Å². The molecule has 1 amide bonds. The van der Waals surface area contributed by atoms with Gasteiger partial charge in [0.05, 0.1) is 26.6 Å². The van der Waals surface area contributed by atoms with Crippen molar-refractivity contribution in [2.45, 2.75) is 26.2 Å². The monoisotopic (exact) mass is 245 g/mol. The molecule has 0 aliphatic rings. The fourth-order valence-electron chi connectivity index (χ4n) is 1.12. The summed E-state index contributed by atoms with van der Waals surface area (Å²) >= 11 is 0. The zero-order chi connectivity index (χ0) is 13.3. The molecule has 0 heterocycles. The van der Waals surface area contributed by atoms with Crippen molar-refractivity contribution in [2.24, 2.45) is 0 Å². The van der Waals surface area contributed by atoms with E-state index in [4.69, 9.17) is 4.74 Å². The van der Waals surface area contributed by atoms with Gasteiger partial charge in [0.1, 0.15) is 0 Å². The van der Waals surface area contributed by atoms with E-state index in [1.54, 1.807) is 14.0 Å². The molecule has 0 saturated heterocycles. The van der Waals surface area contributed by atoms with Crippen LogP contribution in [0.5, 0.6) is 0 Å². The molecule has 0 fully saturated rings. The molecule has 0 atom stereocenters. The molecule has 0 bridgehead atoms. The molecule has 0 aliphatic carbocycles. The third-order valence-corrected chi connectivity index (χ3v) is 2.15. The molecule has 0 spiro atoms. The summed E-state index contributed by atoms with van der Waals surface area (Å²) < 4.78 is 9.16. The summed E-state index contributed by atoms with van der Waals surface area (Å²) in [5.41, 5.74) is 0. The summed E-state index contributed by atoms with van der Waals surface area (Å²) in [4.78, 5) is 34.8. The van der Waals surface area contributed by atoms with Crippen molar-refractivity contribution in [1.82, 2.24) is 4.90 Å². The summed E-state index contributed by atoms with van der Waals surface area (Å²) in [6, 6.07) is 0. The van der Waals surface area contributed by atoms with Crippen LogP contribution < -0.4 is 0 Å².